The largest absolute Gasteiger partial charge is 0.368 e. The number of thioether (sulfide) groups is 1. The molecule has 0 atom stereocenters. The van der Waals surface area contributed by atoms with Gasteiger partial charge >= 0.3 is 0 Å². The molecule has 2 aliphatic rings. The monoisotopic (exact) mass is 415 g/mol. The predicted molar refractivity (Wildman–Crippen MR) is 114 cm³/mol. The molecule has 0 radical (unpaired) electrons. The molecule has 2 aromatic rings. The maximum atomic E-state index is 12.7. The summed E-state index contributed by atoms with van der Waals surface area (Å²) in [5.41, 5.74) is 2.01. The minimum atomic E-state index is 0.0716. The number of nitrogens with zero attached hydrogens (tertiary/aromatic N) is 3. The zero-order chi connectivity index (χ0) is 19.5. The van der Waals surface area contributed by atoms with Crippen molar-refractivity contribution in [2.24, 2.45) is 0 Å². The van der Waals surface area contributed by atoms with Crippen molar-refractivity contribution in [1.82, 2.24) is 4.90 Å². The first-order chi connectivity index (χ1) is 13.6. The van der Waals surface area contributed by atoms with Gasteiger partial charge in [0.25, 0.3) is 0 Å². The highest BCUT2D eigenvalue weighted by Gasteiger charge is 2.26. The Morgan fingerprint density at radius 2 is 1.82 bits per heavy atom. The molecule has 1 fully saturated rings. The Morgan fingerprint density at radius 3 is 2.61 bits per heavy atom. The SMILES string of the molecule is O=C(CCN1C(=O)CSc2ccccc21)N1CCN(c2cccc(Cl)c2)CC1. The van der Waals surface area contributed by atoms with Gasteiger partial charge in [-0.25, -0.2) is 0 Å². The lowest BCUT2D eigenvalue weighted by Crippen LogP contribution is -2.49. The number of benzene rings is 2. The number of carbonyl (C=O) groups is 2. The minimum absolute atomic E-state index is 0.0716. The number of hydrogen-bond acceptors (Lipinski definition) is 4. The third kappa shape index (κ3) is 4.13. The van der Waals surface area contributed by atoms with E-state index in [1.807, 2.05) is 53.4 Å². The van der Waals surface area contributed by atoms with Crippen LogP contribution in [-0.4, -0.2) is 55.2 Å². The van der Waals surface area contributed by atoms with Crippen LogP contribution in [0.2, 0.25) is 5.02 Å². The van der Waals surface area contributed by atoms with Crippen LogP contribution in [0.25, 0.3) is 0 Å². The first kappa shape index (κ1) is 19.2. The summed E-state index contributed by atoms with van der Waals surface area (Å²) < 4.78 is 0. The summed E-state index contributed by atoms with van der Waals surface area (Å²) >= 11 is 7.64. The second-order valence-electron chi connectivity index (χ2n) is 6.90. The normalized spacial score (nSPS) is 16.9. The zero-order valence-corrected chi connectivity index (χ0v) is 17.1. The maximum absolute atomic E-state index is 12.7. The average Bonchev–Trinajstić information content (AvgIpc) is 2.73. The molecular weight excluding hydrogens is 394 g/mol. The van der Waals surface area contributed by atoms with E-state index in [0.717, 1.165) is 34.4 Å². The number of fused-ring (bicyclic) bond motifs is 1. The fraction of sp³-hybridized carbons (Fsp3) is 0.333. The molecule has 0 spiro atoms. The predicted octanol–water partition coefficient (Wildman–Crippen LogP) is 3.52. The first-order valence-corrected chi connectivity index (χ1v) is 10.8. The van der Waals surface area contributed by atoms with Gasteiger partial charge in [-0.1, -0.05) is 29.8 Å². The smallest absolute Gasteiger partial charge is 0.237 e. The fourth-order valence-electron chi connectivity index (χ4n) is 3.65. The van der Waals surface area contributed by atoms with Gasteiger partial charge in [-0.05, 0) is 30.3 Å². The van der Waals surface area contributed by atoms with Gasteiger partial charge < -0.3 is 14.7 Å². The molecule has 0 N–H and O–H groups in total. The van der Waals surface area contributed by atoms with Crippen LogP contribution < -0.4 is 9.80 Å². The van der Waals surface area contributed by atoms with Crippen LogP contribution in [0.1, 0.15) is 6.42 Å². The van der Waals surface area contributed by atoms with E-state index in [-0.39, 0.29) is 11.8 Å². The Labute approximate surface area is 174 Å². The van der Waals surface area contributed by atoms with Gasteiger partial charge in [0.2, 0.25) is 11.8 Å². The highest BCUT2D eigenvalue weighted by Crippen LogP contribution is 2.35. The molecule has 0 aromatic heterocycles. The molecule has 2 aromatic carbocycles. The first-order valence-electron chi connectivity index (χ1n) is 9.42. The Balaban J connectivity index is 1.32. The zero-order valence-electron chi connectivity index (χ0n) is 15.5. The molecule has 5 nitrogen and oxygen atoms in total. The molecule has 0 saturated carbocycles. The van der Waals surface area contributed by atoms with Crippen molar-refractivity contribution in [3.05, 3.63) is 53.6 Å². The lowest BCUT2D eigenvalue weighted by molar-refractivity contribution is -0.131. The molecule has 0 unspecified atom stereocenters. The second-order valence-corrected chi connectivity index (χ2v) is 8.35. The summed E-state index contributed by atoms with van der Waals surface area (Å²) in [6.07, 6.45) is 0.349. The summed E-state index contributed by atoms with van der Waals surface area (Å²) in [6.45, 7) is 3.38. The topological polar surface area (TPSA) is 43.9 Å². The highest BCUT2D eigenvalue weighted by atomic mass is 35.5. The van der Waals surface area contributed by atoms with Gasteiger partial charge in [-0.3, -0.25) is 9.59 Å². The van der Waals surface area contributed by atoms with Crippen molar-refractivity contribution in [3.63, 3.8) is 0 Å². The summed E-state index contributed by atoms with van der Waals surface area (Å²) in [5.74, 6) is 0.611. The quantitative estimate of drug-likeness (QED) is 0.766. The lowest BCUT2D eigenvalue weighted by Gasteiger charge is -2.36. The molecule has 2 heterocycles. The number of para-hydroxylation sites is 1. The van der Waals surface area contributed by atoms with Crippen LogP contribution in [0.3, 0.4) is 0 Å². The highest BCUT2D eigenvalue weighted by molar-refractivity contribution is 8.00. The van der Waals surface area contributed by atoms with Crippen LogP contribution in [-0.2, 0) is 9.59 Å². The van der Waals surface area contributed by atoms with Crippen LogP contribution in [0.5, 0.6) is 0 Å². The van der Waals surface area contributed by atoms with Gasteiger partial charge in [0, 0.05) is 54.8 Å². The van der Waals surface area contributed by atoms with E-state index in [0.29, 0.717) is 31.8 Å². The van der Waals surface area contributed by atoms with Gasteiger partial charge in [0.15, 0.2) is 0 Å². The molecule has 4 rings (SSSR count). The number of halogens is 1. The standard InChI is InChI=1S/C21H22ClN3O2S/c22-16-4-3-5-17(14-16)23-10-12-24(13-11-23)20(26)8-9-25-18-6-1-2-7-19(18)28-15-21(25)27/h1-7,14H,8-13,15H2. The van der Waals surface area contributed by atoms with Crippen LogP contribution in [0.4, 0.5) is 11.4 Å². The number of anilines is 2. The van der Waals surface area contributed by atoms with E-state index in [9.17, 15) is 9.59 Å². The van der Waals surface area contributed by atoms with E-state index in [1.54, 1.807) is 16.7 Å². The van der Waals surface area contributed by atoms with E-state index in [1.165, 1.54) is 0 Å². The van der Waals surface area contributed by atoms with Gasteiger partial charge in [0.05, 0.1) is 11.4 Å². The Morgan fingerprint density at radius 1 is 1.04 bits per heavy atom. The molecule has 0 aliphatic carbocycles. The van der Waals surface area contributed by atoms with Crippen molar-refractivity contribution < 1.29 is 9.59 Å². The van der Waals surface area contributed by atoms with Crippen LogP contribution in [0, 0.1) is 0 Å². The van der Waals surface area contributed by atoms with Crippen molar-refractivity contribution >= 4 is 46.6 Å². The molecule has 146 valence electrons. The third-order valence-corrected chi connectivity index (χ3v) is 6.45. The van der Waals surface area contributed by atoms with Crippen molar-refractivity contribution in [2.75, 3.05) is 48.3 Å². The number of hydrogen-bond donors (Lipinski definition) is 0. The van der Waals surface area contributed by atoms with Crippen LogP contribution >= 0.6 is 23.4 Å². The van der Waals surface area contributed by atoms with Crippen LogP contribution in [0.15, 0.2) is 53.4 Å². The lowest BCUT2D eigenvalue weighted by atomic mass is 10.2. The summed E-state index contributed by atoms with van der Waals surface area (Å²) in [6, 6.07) is 15.7. The minimum Gasteiger partial charge on any atom is -0.368 e. The van der Waals surface area contributed by atoms with Gasteiger partial charge in [-0.15, -0.1) is 11.8 Å². The molecule has 1 saturated heterocycles. The summed E-state index contributed by atoms with van der Waals surface area (Å²) in [5, 5.41) is 0.723. The average molecular weight is 416 g/mol. The second kappa shape index (κ2) is 8.45. The van der Waals surface area contributed by atoms with Crippen molar-refractivity contribution in [2.45, 2.75) is 11.3 Å². The van der Waals surface area contributed by atoms with Crippen molar-refractivity contribution in [3.8, 4) is 0 Å². The number of carbonyl (C=O) groups excluding carboxylic acids is 2. The molecule has 2 amide bonds. The molecule has 0 bridgehead atoms. The fourth-order valence-corrected chi connectivity index (χ4v) is 4.77. The van der Waals surface area contributed by atoms with E-state index in [4.69, 9.17) is 11.6 Å². The number of piperazine rings is 1. The molecular formula is C21H22ClN3O2S. The van der Waals surface area contributed by atoms with Gasteiger partial charge in [0.1, 0.15) is 0 Å². The summed E-state index contributed by atoms with van der Waals surface area (Å²) in [7, 11) is 0. The van der Waals surface area contributed by atoms with E-state index < -0.39 is 0 Å². The van der Waals surface area contributed by atoms with E-state index >= 15 is 0 Å². The van der Waals surface area contributed by atoms with Crippen molar-refractivity contribution in [1.29, 1.82) is 0 Å². The number of amides is 2. The Hall–Kier alpha value is -2.18. The Kier molecular flexibility index (Phi) is 5.78. The maximum Gasteiger partial charge on any atom is 0.237 e. The Bertz CT molecular complexity index is 883. The van der Waals surface area contributed by atoms with E-state index in [2.05, 4.69) is 4.90 Å². The molecule has 2 aliphatic heterocycles. The van der Waals surface area contributed by atoms with Gasteiger partial charge in [-0.2, -0.15) is 0 Å². The molecule has 28 heavy (non-hydrogen) atoms. The third-order valence-electron chi connectivity index (χ3n) is 5.16. The number of rotatable bonds is 4. The summed E-state index contributed by atoms with van der Waals surface area (Å²) in [4.78, 5) is 32.0. The molecule has 7 heteroatoms.